The van der Waals surface area contributed by atoms with E-state index in [9.17, 15) is 13.5 Å². The average molecular weight is 398 g/mol. The fourth-order valence-corrected chi connectivity index (χ4v) is 4.34. The Morgan fingerprint density at radius 3 is 2.57 bits per heavy atom. The lowest BCUT2D eigenvalue weighted by atomic mass is 10.00. The number of hydrogen-bond donors (Lipinski definition) is 2. The summed E-state index contributed by atoms with van der Waals surface area (Å²) in [6.07, 6.45) is 6.77. The maximum absolute atomic E-state index is 12.0. The van der Waals surface area contributed by atoms with Crippen molar-refractivity contribution in [3.8, 4) is 11.5 Å². The van der Waals surface area contributed by atoms with Gasteiger partial charge in [-0.15, -0.1) is 0 Å². The van der Waals surface area contributed by atoms with E-state index in [1.165, 1.54) is 0 Å². The highest BCUT2D eigenvalue weighted by Gasteiger charge is 2.35. The molecular weight excluding hydrogens is 376 g/mol. The lowest BCUT2D eigenvalue weighted by molar-refractivity contribution is 0.158. The Hall–Kier alpha value is -2.80. The van der Waals surface area contributed by atoms with E-state index in [0.717, 1.165) is 12.8 Å². The predicted molar refractivity (Wildman–Crippen MR) is 111 cm³/mol. The number of rotatable bonds is 5. The highest BCUT2D eigenvalue weighted by atomic mass is 32.2. The number of benzene rings is 2. The van der Waals surface area contributed by atoms with Crippen LogP contribution in [-0.2, 0) is 10.0 Å². The molecule has 1 aliphatic heterocycles. The third kappa shape index (κ3) is 3.89. The van der Waals surface area contributed by atoms with Crippen LogP contribution in [0.4, 0.5) is 11.4 Å². The number of aliphatic imine (C=N–C) groups is 1. The Kier molecular flexibility index (Phi) is 4.42. The van der Waals surface area contributed by atoms with Gasteiger partial charge in [0.1, 0.15) is 17.1 Å². The smallest absolute Gasteiger partial charge is 0.235 e. The molecule has 1 heterocycles. The molecule has 2 aromatic rings. The van der Waals surface area contributed by atoms with Crippen molar-refractivity contribution in [1.29, 1.82) is 0 Å². The van der Waals surface area contributed by atoms with Gasteiger partial charge in [0.05, 0.1) is 16.5 Å². The zero-order chi connectivity index (χ0) is 19.9. The fourth-order valence-electron chi connectivity index (χ4n) is 2.95. The quantitative estimate of drug-likeness (QED) is 0.738. The standard InChI is InChI=1S/C21H22N2O4S/c1-21(2)12-11-18-19(27-21)10-3-14(20(18)24)13-22-15-4-6-16(7-5-15)23-28(25,26)17-8-9-17/h3-7,10-13,17,23-24H,8-9H2,1-2H3. The number of phenolic OH excluding ortho intramolecular Hbond substituents is 1. The van der Waals surface area contributed by atoms with Gasteiger partial charge in [-0.3, -0.25) is 9.71 Å². The van der Waals surface area contributed by atoms with Crippen LogP contribution >= 0.6 is 0 Å². The number of aromatic hydroxyl groups is 1. The van der Waals surface area contributed by atoms with E-state index >= 15 is 0 Å². The van der Waals surface area contributed by atoms with Crippen molar-refractivity contribution in [1.82, 2.24) is 0 Å². The van der Waals surface area contributed by atoms with Crippen LogP contribution in [0.2, 0.25) is 0 Å². The molecule has 0 saturated heterocycles. The largest absolute Gasteiger partial charge is 0.506 e. The van der Waals surface area contributed by atoms with Crippen LogP contribution in [0.25, 0.3) is 6.08 Å². The Labute approximate surface area is 164 Å². The lowest BCUT2D eigenvalue weighted by Gasteiger charge is -2.28. The average Bonchev–Trinajstić information content (AvgIpc) is 3.47. The molecule has 1 saturated carbocycles. The Morgan fingerprint density at radius 1 is 1.18 bits per heavy atom. The number of anilines is 1. The molecule has 0 aromatic heterocycles. The molecule has 2 aromatic carbocycles. The van der Waals surface area contributed by atoms with Crippen molar-refractivity contribution >= 4 is 33.7 Å². The number of ether oxygens (including phenoxy) is 1. The van der Waals surface area contributed by atoms with Crippen LogP contribution in [0.15, 0.2) is 47.5 Å². The van der Waals surface area contributed by atoms with Crippen LogP contribution in [0.1, 0.15) is 37.8 Å². The second-order valence-corrected chi connectivity index (χ2v) is 9.57. The molecule has 28 heavy (non-hydrogen) atoms. The molecule has 2 N–H and O–H groups in total. The van der Waals surface area contributed by atoms with Crippen LogP contribution in [0, 0.1) is 0 Å². The summed E-state index contributed by atoms with van der Waals surface area (Å²) in [6.45, 7) is 3.90. The van der Waals surface area contributed by atoms with E-state index in [-0.39, 0.29) is 11.0 Å². The van der Waals surface area contributed by atoms with Gasteiger partial charge >= 0.3 is 0 Å². The van der Waals surface area contributed by atoms with Gasteiger partial charge in [-0.2, -0.15) is 0 Å². The van der Waals surface area contributed by atoms with Gasteiger partial charge in [-0.25, -0.2) is 8.42 Å². The van der Waals surface area contributed by atoms with Crippen molar-refractivity contribution in [3.63, 3.8) is 0 Å². The van der Waals surface area contributed by atoms with Gasteiger partial charge in [-0.05, 0) is 75.2 Å². The molecule has 0 bridgehead atoms. The maximum atomic E-state index is 12.0. The number of hydrogen-bond acceptors (Lipinski definition) is 5. The van der Waals surface area contributed by atoms with Crippen LogP contribution in [0.3, 0.4) is 0 Å². The number of nitrogens with one attached hydrogen (secondary N) is 1. The summed E-state index contributed by atoms with van der Waals surface area (Å²) in [5.41, 5.74) is 1.97. The summed E-state index contributed by atoms with van der Waals surface area (Å²) >= 11 is 0. The first-order valence-electron chi connectivity index (χ1n) is 9.13. The van der Waals surface area contributed by atoms with E-state index in [4.69, 9.17) is 4.74 Å². The molecule has 2 aliphatic rings. The Morgan fingerprint density at radius 2 is 1.89 bits per heavy atom. The number of sulfonamides is 1. The highest BCUT2D eigenvalue weighted by molar-refractivity contribution is 7.93. The minimum Gasteiger partial charge on any atom is -0.506 e. The van der Waals surface area contributed by atoms with Gasteiger partial charge < -0.3 is 9.84 Å². The second kappa shape index (κ2) is 6.67. The molecule has 0 spiro atoms. The topological polar surface area (TPSA) is 88.0 Å². The maximum Gasteiger partial charge on any atom is 0.235 e. The zero-order valence-corrected chi connectivity index (χ0v) is 16.5. The number of phenols is 1. The van der Waals surface area contributed by atoms with Gasteiger partial charge in [0.2, 0.25) is 10.0 Å². The van der Waals surface area contributed by atoms with E-state index in [0.29, 0.717) is 28.3 Å². The minimum atomic E-state index is -3.27. The van der Waals surface area contributed by atoms with E-state index in [1.807, 2.05) is 32.1 Å². The van der Waals surface area contributed by atoms with Gasteiger partial charge in [-0.1, -0.05) is 0 Å². The van der Waals surface area contributed by atoms with Gasteiger partial charge in [0.25, 0.3) is 0 Å². The third-order valence-electron chi connectivity index (χ3n) is 4.68. The molecule has 0 atom stereocenters. The predicted octanol–water partition coefficient (Wildman–Crippen LogP) is 4.23. The van der Waals surface area contributed by atoms with Crippen molar-refractivity contribution in [3.05, 3.63) is 53.6 Å². The summed E-state index contributed by atoms with van der Waals surface area (Å²) in [4.78, 5) is 4.37. The molecule has 0 amide bonds. The van der Waals surface area contributed by atoms with Crippen LogP contribution in [-0.4, -0.2) is 30.6 Å². The molecule has 0 radical (unpaired) electrons. The summed E-state index contributed by atoms with van der Waals surface area (Å²) in [5.74, 6) is 0.747. The van der Waals surface area contributed by atoms with E-state index < -0.39 is 15.6 Å². The highest BCUT2D eigenvalue weighted by Crippen LogP contribution is 2.38. The molecule has 4 rings (SSSR count). The second-order valence-electron chi connectivity index (χ2n) is 7.61. The van der Waals surface area contributed by atoms with Crippen molar-refractivity contribution in [2.45, 2.75) is 37.5 Å². The first-order valence-corrected chi connectivity index (χ1v) is 10.7. The Bertz CT molecular complexity index is 1070. The number of fused-ring (bicyclic) bond motifs is 1. The van der Waals surface area contributed by atoms with Crippen molar-refractivity contribution in [2.75, 3.05) is 4.72 Å². The summed E-state index contributed by atoms with van der Waals surface area (Å²) in [7, 11) is -3.27. The molecular formula is C21H22N2O4S. The SMILES string of the molecule is CC1(C)C=Cc2c(ccc(C=Nc3ccc(NS(=O)(=O)C4CC4)cc3)c2O)O1. The number of nitrogens with zero attached hydrogens (tertiary/aromatic N) is 1. The van der Waals surface area contributed by atoms with Gasteiger partial charge in [0, 0.05) is 17.5 Å². The summed E-state index contributed by atoms with van der Waals surface area (Å²) in [6, 6.07) is 10.4. The van der Waals surface area contributed by atoms with Crippen molar-refractivity contribution < 1.29 is 18.3 Å². The van der Waals surface area contributed by atoms with Crippen LogP contribution < -0.4 is 9.46 Å². The summed E-state index contributed by atoms with van der Waals surface area (Å²) in [5, 5.41) is 10.3. The van der Waals surface area contributed by atoms with Crippen molar-refractivity contribution in [2.24, 2.45) is 4.99 Å². The first-order chi connectivity index (χ1) is 13.2. The molecule has 7 heteroatoms. The molecule has 6 nitrogen and oxygen atoms in total. The molecule has 1 aliphatic carbocycles. The normalized spacial score (nSPS) is 17.9. The lowest BCUT2D eigenvalue weighted by Crippen LogP contribution is -2.27. The first kappa shape index (κ1) is 18.6. The van der Waals surface area contributed by atoms with E-state index in [2.05, 4.69) is 9.71 Å². The zero-order valence-electron chi connectivity index (χ0n) is 15.7. The fraction of sp³-hybridized carbons (Fsp3) is 0.286. The molecule has 1 fully saturated rings. The van der Waals surface area contributed by atoms with Gasteiger partial charge in [0.15, 0.2) is 0 Å². The Balaban J connectivity index is 1.50. The molecule has 0 unspecified atom stereocenters. The summed E-state index contributed by atoms with van der Waals surface area (Å²) < 4.78 is 32.4. The molecule has 146 valence electrons. The third-order valence-corrected chi connectivity index (χ3v) is 6.55. The van der Waals surface area contributed by atoms with Crippen LogP contribution in [0.5, 0.6) is 11.5 Å². The monoisotopic (exact) mass is 398 g/mol. The van der Waals surface area contributed by atoms with E-state index in [1.54, 1.807) is 36.5 Å². The minimum absolute atomic E-state index is 0.113.